The van der Waals surface area contributed by atoms with E-state index in [9.17, 15) is 4.79 Å². The fourth-order valence-electron chi connectivity index (χ4n) is 3.82. The minimum absolute atomic E-state index is 0.246. The zero-order valence-electron chi connectivity index (χ0n) is 19.8. The Kier molecular flexibility index (Phi) is 8.75. The molecular weight excluding hydrogens is 501 g/mol. The van der Waals surface area contributed by atoms with Crippen LogP contribution in [0.5, 0.6) is 17.2 Å². The summed E-state index contributed by atoms with van der Waals surface area (Å²) in [6, 6.07) is 18.4. The second-order valence-corrected chi connectivity index (χ2v) is 9.10. The van der Waals surface area contributed by atoms with Crippen LogP contribution in [0, 0.1) is 0 Å². The van der Waals surface area contributed by atoms with E-state index < -0.39 is 6.04 Å². The van der Waals surface area contributed by atoms with Crippen LogP contribution < -0.4 is 19.5 Å². The number of fused-ring (bicyclic) bond motifs is 1. The Morgan fingerprint density at radius 3 is 2.58 bits per heavy atom. The van der Waals surface area contributed by atoms with Crippen LogP contribution in [-0.4, -0.2) is 32.3 Å². The highest BCUT2D eigenvalue weighted by molar-refractivity contribution is 6.42. The second-order valence-electron chi connectivity index (χ2n) is 8.28. The molecule has 3 aromatic carbocycles. The predicted octanol–water partition coefficient (Wildman–Crippen LogP) is 5.94. The summed E-state index contributed by atoms with van der Waals surface area (Å²) in [6.07, 6.45) is 1.92. The van der Waals surface area contributed by atoms with Gasteiger partial charge in [0, 0.05) is 6.54 Å². The summed E-state index contributed by atoms with van der Waals surface area (Å²) in [4.78, 5) is 12.1. The van der Waals surface area contributed by atoms with Crippen LogP contribution in [0.25, 0.3) is 0 Å². The quantitative estimate of drug-likeness (QED) is 0.259. The molecule has 0 saturated heterocycles. The highest BCUT2D eigenvalue weighted by Crippen LogP contribution is 2.37. The first kappa shape index (κ1) is 25.9. The molecule has 1 aliphatic heterocycles. The number of esters is 1. The number of carbonyl (C=O) groups excluding carboxylic acids is 1. The first-order valence-corrected chi connectivity index (χ1v) is 12.2. The summed E-state index contributed by atoms with van der Waals surface area (Å²) in [6.45, 7) is 4.94. The van der Waals surface area contributed by atoms with Crippen LogP contribution in [0.1, 0.15) is 22.8 Å². The molecule has 6 nitrogen and oxygen atoms in total. The molecule has 0 amide bonds. The van der Waals surface area contributed by atoms with Crippen molar-refractivity contribution in [3.05, 3.63) is 100 Å². The molecule has 1 heterocycles. The Labute approximate surface area is 220 Å². The number of rotatable bonds is 10. The molecule has 2 atom stereocenters. The summed E-state index contributed by atoms with van der Waals surface area (Å²) >= 11 is 12.0. The van der Waals surface area contributed by atoms with Crippen LogP contribution >= 0.6 is 23.2 Å². The van der Waals surface area contributed by atoms with Gasteiger partial charge in [0.05, 0.1) is 17.2 Å². The lowest BCUT2D eigenvalue weighted by Gasteiger charge is -2.27. The Morgan fingerprint density at radius 2 is 1.86 bits per heavy atom. The zero-order valence-corrected chi connectivity index (χ0v) is 21.4. The zero-order chi connectivity index (χ0) is 25.5. The van der Waals surface area contributed by atoms with Crippen molar-refractivity contribution < 1.29 is 23.7 Å². The van der Waals surface area contributed by atoms with Crippen molar-refractivity contribution in [3.8, 4) is 17.2 Å². The van der Waals surface area contributed by atoms with E-state index in [1.54, 1.807) is 18.2 Å². The molecule has 0 spiro atoms. The number of halogens is 2. The molecule has 1 aliphatic rings. The topological polar surface area (TPSA) is 66.0 Å². The smallest absolute Gasteiger partial charge is 0.323 e. The summed E-state index contributed by atoms with van der Waals surface area (Å²) in [5, 5.41) is 4.14. The number of hydrogen-bond acceptors (Lipinski definition) is 6. The fraction of sp³-hybridized carbons (Fsp3) is 0.250. The molecule has 0 radical (unpaired) electrons. The molecule has 188 valence electrons. The number of hydrogen-bond donors (Lipinski definition) is 1. The van der Waals surface area contributed by atoms with Crippen molar-refractivity contribution in [2.75, 3.05) is 20.3 Å². The number of benzene rings is 3. The minimum atomic E-state index is -0.472. The highest BCUT2D eigenvalue weighted by Gasteiger charge is 2.24. The van der Waals surface area contributed by atoms with E-state index in [4.69, 9.17) is 42.1 Å². The van der Waals surface area contributed by atoms with Crippen molar-refractivity contribution >= 4 is 29.2 Å². The van der Waals surface area contributed by atoms with Crippen molar-refractivity contribution in [1.29, 1.82) is 0 Å². The van der Waals surface area contributed by atoms with Gasteiger partial charge in [-0.15, -0.1) is 6.58 Å². The van der Waals surface area contributed by atoms with Crippen molar-refractivity contribution in [1.82, 2.24) is 5.32 Å². The third-order valence-electron chi connectivity index (χ3n) is 5.74. The lowest BCUT2D eigenvalue weighted by Crippen LogP contribution is -2.39. The fourth-order valence-corrected chi connectivity index (χ4v) is 4.14. The van der Waals surface area contributed by atoms with Crippen LogP contribution in [0.4, 0.5) is 0 Å². The largest absolute Gasteiger partial charge is 0.489 e. The van der Waals surface area contributed by atoms with E-state index in [2.05, 4.69) is 11.9 Å². The van der Waals surface area contributed by atoms with Gasteiger partial charge in [0.2, 0.25) is 0 Å². The lowest BCUT2D eigenvalue weighted by atomic mass is 10.0. The van der Waals surface area contributed by atoms with Crippen molar-refractivity contribution in [2.24, 2.45) is 0 Å². The Bertz CT molecular complexity index is 1220. The number of ether oxygens (including phenoxy) is 4. The van der Waals surface area contributed by atoms with Gasteiger partial charge in [-0.1, -0.05) is 53.5 Å². The number of nitrogens with one attached hydrogen (secondary N) is 1. The van der Waals surface area contributed by atoms with Gasteiger partial charge < -0.3 is 24.3 Å². The number of carbonyl (C=O) groups is 1. The predicted molar refractivity (Wildman–Crippen MR) is 140 cm³/mol. The van der Waals surface area contributed by atoms with E-state index in [-0.39, 0.29) is 12.1 Å². The van der Waals surface area contributed by atoms with Gasteiger partial charge in [0.15, 0.2) is 17.6 Å². The van der Waals surface area contributed by atoms with Crippen molar-refractivity contribution in [3.63, 3.8) is 0 Å². The Balaban J connectivity index is 1.36. The molecule has 2 unspecified atom stereocenters. The van der Waals surface area contributed by atoms with Gasteiger partial charge in [-0.25, -0.2) is 0 Å². The molecule has 0 aromatic heterocycles. The molecule has 36 heavy (non-hydrogen) atoms. The molecule has 4 rings (SSSR count). The average molecular weight is 528 g/mol. The highest BCUT2D eigenvalue weighted by atomic mass is 35.5. The summed E-state index contributed by atoms with van der Waals surface area (Å²) in [5.41, 5.74) is 2.85. The summed E-state index contributed by atoms with van der Waals surface area (Å²) in [5.74, 6) is 1.72. The van der Waals surface area contributed by atoms with Gasteiger partial charge in [-0.2, -0.15) is 0 Å². The van der Waals surface area contributed by atoms with E-state index in [0.29, 0.717) is 47.7 Å². The molecule has 3 aromatic rings. The molecule has 0 aliphatic carbocycles. The summed E-state index contributed by atoms with van der Waals surface area (Å²) in [7, 11) is 1.38. The average Bonchev–Trinajstić information content (AvgIpc) is 2.91. The first-order chi connectivity index (χ1) is 17.5. The molecular formula is C28H27Cl2NO5. The van der Waals surface area contributed by atoms with E-state index in [1.807, 2.05) is 48.5 Å². The van der Waals surface area contributed by atoms with E-state index >= 15 is 0 Å². The maximum atomic E-state index is 12.1. The Hall–Kier alpha value is -3.19. The number of methoxy groups -OCH3 is 1. The standard InChI is InChI=1S/C28H27Cl2NO5/c1-3-12-31-24(28(32)33-2)14-18-5-11-25-26(15-18)35-17-27(36-25)20-6-8-21(9-7-20)34-16-19-4-10-22(29)23(30)13-19/h3-11,13,15,24,27,31H,1,12,14,16-17H2,2H3. The van der Waals surface area contributed by atoms with Crippen LogP contribution in [0.2, 0.25) is 10.0 Å². The molecule has 1 N–H and O–H groups in total. The Morgan fingerprint density at radius 1 is 1.08 bits per heavy atom. The molecule has 0 fully saturated rings. The third-order valence-corrected chi connectivity index (χ3v) is 6.48. The third kappa shape index (κ3) is 6.52. The SMILES string of the molecule is C=CCNC(Cc1ccc2c(c1)OCC(c1ccc(OCc3ccc(Cl)c(Cl)c3)cc1)O2)C(=O)OC. The first-order valence-electron chi connectivity index (χ1n) is 11.5. The normalized spacial score (nSPS) is 15.1. The molecule has 0 bridgehead atoms. The van der Waals surface area contributed by atoms with Gasteiger partial charge >= 0.3 is 5.97 Å². The molecule has 8 heteroatoms. The van der Waals surface area contributed by atoms with Crippen molar-refractivity contribution in [2.45, 2.75) is 25.2 Å². The second kappa shape index (κ2) is 12.2. The maximum Gasteiger partial charge on any atom is 0.323 e. The van der Waals surface area contributed by atoms with Gasteiger partial charge in [0.25, 0.3) is 0 Å². The maximum absolute atomic E-state index is 12.1. The van der Waals surface area contributed by atoms with Gasteiger partial charge in [0.1, 0.15) is 25.0 Å². The minimum Gasteiger partial charge on any atom is -0.489 e. The van der Waals surface area contributed by atoms with Crippen LogP contribution in [0.3, 0.4) is 0 Å². The van der Waals surface area contributed by atoms with Crippen LogP contribution in [0.15, 0.2) is 73.3 Å². The monoisotopic (exact) mass is 527 g/mol. The van der Waals surface area contributed by atoms with Gasteiger partial charge in [-0.05, 0) is 59.5 Å². The summed E-state index contributed by atoms with van der Waals surface area (Å²) < 4.78 is 23.0. The van der Waals surface area contributed by atoms with E-state index in [1.165, 1.54) is 7.11 Å². The lowest BCUT2D eigenvalue weighted by molar-refractivity contribution is -0.143. The van der Waals surface area contributed by atoms with Gasteiger partial charge in [-0.3, -0.25) is 4.79 Å². The van der Waals surface area contributed by atoms with Crippen LogP contribution in [-0.2, 0) is 22.6 Å². The molecule has 0 saturated carbocycles. The van der Waals surface area contributed by atoms with E-state index in [0.717, 1.165) is 22.4 Å².